The first kappa shape index (κ1) is 10.1. The molecule has 0 bridgehead atoms. The highest BCUT2D eigenvalue weighted by molar-refractivity contribution is 6.29. The van der Waals surface area contributed by atoms with E-state index in [2.05, 4.69) is 10.5 Å². The molecule has 0 aliphatic carbocycles. The highest BCUT2D eigenvalue weighted by atomic mass is 35.5. The van der Waals surface area contributed by atoms with Crippen LogP contribution in [0.25, 0.3) is 0 Å². The fourth-order valence-electron chi connectivity index (χ4n) is 0.914. The summed E-state index contributed by atoms with van der Waals surface area (Å²) in [6, 6.07) is 0. The monoisotopic (exact) mass is 202 g/mol. The molecular formula is C8H11ClN2O2. The van der Waals surface area contributed by atoms with Crippen molar-refractivity contribution in [2.45, 2.75) is 19.8 Å². The molecule has 1 aromatic rings. The lowest BCUT2D eigenvalue weighted by atomic mass is 10.1. The molecule has 1 heterocycles. The smallest absolute Gasteiger partial charge is 0.240 e. The molecule has 0 atom stereocenters. The number of nitrogens with zero attached hydrogens (tertiary/aromatic N) is 1. The van der Waals surface area contributed by atoms with Gasteiger partial charge < -0.3 is 9.84 Å². The zero-order valence-electron chi connectivity index (χ0n) is 7.50. The van der Waals surface area contributed by atoms with Crippen molar-refractivity contribution in [3.8, 4) is 0 Å². The number of carbonyl (C=O) groups excluding carboxylic acids is 1. The zero-order chi connectivity index (χ0) is 9.84. The van der Waals surface area contributed by atoms with Gasteiger partial charge in [-0.3, -0.25) is 4.79 Å². The maximum Gasteiger partial charge on any atom is 0.240 e. The second-order valence-corrected chi connectivity index (χ2v) is 3.22. The van der Waals surface area contributed by atoms with Gasteiger partial charge >= 0.3 is 0 Å². The molecule has 0 aliphatic heterocycles. The van der Waals surface area contributed by atoms with Crippen LogP contribution in [0.1, 0.15) is 25.3 Å². The molecule has 0 spiro atoms. The Morgan fingerprint density at radius 1 is 1.77 bits per heavy atom. The molecule has 0 fully saturated rings. The van der Waals surface area contributed by atoms with Gasteiger partial charge in [0.1, 0.15) is 12.1 Å². The lowest BCUT2D eigenvalue weighted by Gasteiger charge is -2.03. The van der Waals surface area contributed by atoms with E-state index < -0.39 is 0 Å². The third-order valence-corrected chi connectivity index (χ3v) is 1.84. The second kappa shape index (κ2) is 4.28. The van der Waals surface area contributed by atoms with E-state index in [1.54, 1.807) is 0 Å². The van der Waals surface area contributed by atoms with Crippen LogP contribution < -0.4 is 5.32 Å². The van der Waals surface area contributed by atoms with Crippen LogP contribution in [-0.4, -0.2) is 16.9 Å². The standard InChI is InChI=1S/C8H11ClN2O2/c1-5(2)6-4-13-11-8(6)10-7(12)3-9/h4-5H,3H2,1-2H3,(H,10,11,12). The molecular weight excluding hydrogens is 192 g/mol. The van der Waals surface area contributed by atoms with Crippen LogP contribution in [0.2, 0.25) is 0 Å². The first-order valence-electron chi connectivity index (χ1n) is 3.95. The summed E-state index contributed by atoms with van der Waals surface area (Å²) >= 11 is 5.33. The first-order chi connectivity index (χ1) is 6.15. The van der Waals surface area contributed by atoms with E-state index in [9.17, 15) is 4.79 Å². The molecule has 72 valence electrons. The fraction of sp³-hybridized carbons (Fsp3) is 0.500. The summed E-state index contributed by atoms with van der Waals surface area (Å²) in [7, 11) is 0. The van der Waals surface area contributed by atoms with Crippen LogP contribution in [0, 0.1) is 0 Å². The van der Waals surface area contributed by atoms with Gasteiger partial charge in [0.25, 0.3) is 0 Å². The van der Waals surface area contributed by atoms with Crippen molar-refractivity contribution in [2.75, 3.05) is 11.2 Å². The van der Waals surface area contributed by atoms with Crippen molar-refractivity contribution in [1.29, 1.82) is 0 Å². The SMILES string of the molecule is CC(C)c1conc1NC(=O)CCl. The van der Waals surface area contributed by atoms with Gasteiger partial charge in [0, 0.05) is 5.56 Å². The summed E-state index contributed by atoms with van der Waals surface area (Å²) in [6.07, 6.45) is 1.52. The Kier molecular flexibility index (Phi) is 3.31. The average molecular weight is 203 g/mol. The number of anilines is 1. The number of nitrogens with one attached hydrogen (secondary N) is 1. The van der Waals surface area contributed by atoms with Gasteiger partial charge in [-0.15, -0.1) is 11.6 Å². The molecule has 0 unspecified atom stereocenters. The molecule has 0 saturated heterocycles. The molecule has 0 aromatic carbocycles. The number of amides is 1. The summed E-state index contributed by atoms with van der Waals surface area (Å²) in [5.74, 6) is 0.361. The third-order valence-electron chi connectivity index (χ3n) is 1.60. The quantitative estimate of drug-likeness (QED) is 0.763. The third kappa shape index (κ3) is 2.45. The molecule has 0 saturated carbocycles. The van der Waals surface area contributed by atoms with Gasteiger partial charge in [-0.05, 0) is 5.92 Å². The van der Waals surface area contributed by atoms with Crippen LogP contribution in [0.5, 0.6) is 0 Å². The molecule has 0 radical (unpaired) electrons. The van der Waals surface area contributed by atoms with Gasteiger partial charge in [-0.25, -0.2) is 0 Å². The number of alkyl halides is 1. The fourth-order valence-corrected chi connectivity index (χ4v) is 0.981. The van der Waals surface area contributed by atoms with Crippen LogP contribution >= 0.6 is 11.6 Å². The lowest BCUT2D eigenvalue weighted by molar-refractivity contribution is -0.114. The minimum absolute atomic E-state index is 0.0790. The van der Waals surface area contributed by atoms with Crippen molar-refractivity contribution >= 4 is 23.3 Å². The molecule has 5 heteroatoms. The number of rotatable bonds is 3. The topological polar surface area (TPSA) is 55.1 Å². The predicted octanol–water partition coefficient (Wildman–Crippen LogP) is 1.98. The maximum atomic E-state index is 10.9. The molecule has 1 rings (SSSR count). The lowest BCUT2D eigenvalue weighted by Crippen LogP contribution is -2.14. The molecule has 13 heavy (non-hydrogen) atoms. The molecule has 1 aromatic heterocycles. The van der Waals surface area contributed by atoms with Gasteiger partial charge in [0.15, 0.2) is 5.82 Å². The zero-order valence-corrected chi connectivity index (χ0v) is 8.26. The van der Waals surface area contributed by atoms with E-state index in [4.69, 9.17) is 16.1 Å². The molecule has 1 N–H and O–H groups in total. The Bertz CT molecular complexity index is 296. The van der Waals surface area contributed by atoms with Crippen molar-refractivity contribution in [2.24, 2.45) is 0 Å². The first-order valence-corrected chi connectivity index (χ1v) is 4.48. The predicted molar refractivity (Wildman–Crippen MR) is 49.9 cm³/mol. The Hall–Kier alpha value is -1.03. The number of hydrogen-bond acceptors (Lipinski definition) is 3. The van der Waals surface area contributed by atoms with Crippen molar-refractivity contribution < 1.29 is 9.32 Å². The van der Waals surface area contributed by atoms with Crippen molar-refractivity contribution in [3.63, 3.8) is 0 Å². The summed E-state index contributed by atoms with van der Waals surface area (Å²) in [4.78, 5) is 10.9. The van der Waals surface area contributed by atoms with Crippen LogP contribution in [0.4, 0.5) is 5.82 Å². The molecule has 1 amide bonds. The van der Waals surface area contributed by atoms with E-state index in [-0.39, 0.29) is 17.7 Å². The van der Waals surface area contributed by atoms with Gasteiger partial charge in [0.05, 0.1) is 0 Å². The summed E-state index contributed by atoms with van der Waals surface area (Å²) in [5, 5.41) is 6.21. The molecule has 0 aliphatic rings. The van der Waals surface area contributed by atoms with Crippen molar-refractivity contribution in [1.82, 2.24) is 5.16 Å². The minimum atomic E-state index is -0.280. The second-order valence-electron chi connectivity index (χ2n) is 2.96. The molecule has 4 nitrogen and oxygen atoms in total. The Labute approximate surface area is 81.2 Å². The normalized spacial score (nSPS) is 10.5. The Balaban J connectivity index is 2.76. The number of hydrogen-bond donors (Lipinski definition) is 1. The highest BCUT2D eigenvalue weighted by Crippen LogP contribution is 2.22. The van der Waals surface area contributed by atoms with Crippen LogP contribution in [0.15, 0.2) is 10.8 Å². The maximum absolute atomic E-state index is 10.9. The van der Waals surface area contributed by atoms with Crippen LogP contribution in [-0.2, 0) is 4.79 Å². The van der Waals surface area contributed by atoms with E-state index in [0.717, 1.165) is 5.56 Å². The van der Waals surface area contributed by atoms with Gasteiger partial charge in [-0.2, -0.15) is 0 Å². The number of carbonyl (C=O) groups is 1. The highest BCUT2D eigenvalue weighted by Gasteiger charge is 2.12. The largest absolute Gasteiger partial charge is 0.362 e. The van der Waals surface area contributed by atoms with E-state index in [0.29, 0.717) is 5.82 Å². The minimum Gasteiger partial charge on any atom is -0.362 e. The Morgan fingerprint density at radius 3 is 3.00 bits per heavy atom. The summed E-state index contributed by atoms with van der Waals surface area (Å²) in [5.41, 5.74) is 0.874. The van der Waals surface area contributed by atoms with E-state index in [1.807, 2.05) is 13.8 Å². The average Bonchev–Trinajstić information content (AvgIpc) is 2.52. The summed E-state index contributed by atoms with van der Waals surface area (Å²) < 4.78 is 4.74. The van der Waals surface area contributed by atoms with Gasteiger partial charge in [0.2, 0.25) is 5.91 Å². The van der Waals surface area contributed by atoms with Crippen LogP contribution in [0.3, 0.4) is 0 Å². The summed E-state index contributed by atoms with van der Waals surface area (Å²) in [6.45, 7) is 3.98. The number of aromatic nitrogens is 1. The van der Waals surface area contributed by atoms with E-state index >= 15 is 0 Å². The van der Waals surface area contributed by atoms with E-state index in [1.165, 1.54) is 6.26 Å². The number of halogens is 1. The van der Waals surface area contributed by atoms with Crippen molar-refractivity contribution in [3.05, 3.63) is 11.8 Å². The van der Waals surface area contributed by atoms with Gasteiger partial charge in [-0.1, -0.05) is 19.0 Å². The Morgan fingerprint density at radius 2 is 2.46 bits per heavy atom.